The molecule has 2 saturated heterocycles. The first-order chi connectivity index (χ1) is 19.9. The summed E-state index contributed by atoms with van der Waals surface area (Å²) in [6.07, 6.45) is 7.33. The van der Waals surface area contributed by atoms with Gasteiger partial charge in [-0.3, -0.25) is 14.4 Å². The number of piperidine rings is 1. The van der Waals surface area contributed by atoms with E-state index in [4.69, 9.17) is 14.2 Å². The van der Waals surface area contributed by atoms with Crippen LogP contribution in [0.15, 0.2) is 11.8 Å². The number of unbranched alkanes of at least 4 members (excludes halogenated alkanes) is 5. The Morgan fingerprint density at radius 3 is 2.21 bits per heavy atom. The summed E-state index contributed by atoms with van der Waals surface area (Å²) < 4.78 is 16.9. The zero-order chi connectivity index (χ0) is 31.1. The van der Waals surface area contributed by atoms with Gasteiger partial charge in [0.15, 0.2) is 0 Å². The predicted molar refractivity (Wildman–Crippen MR) is 159 cm³/mol. The Bertz CT molecular complexity index is 999. The second-order valence-electron chi connectivity index (χ2n) is 13.0. The number of methoxy groups -OCH3 is 1. The van der Waals surface area contributed by atoms with Crippen LogP contribution < -0.4 is 0 Å². The van der Waals surface area contributed by atoms with E-state index in [-0.39, 0.29) is 42.3 Å². The summed E-state index contributed by atoms with van der Waals surface area (Å²) in [4.78, 5) is 58.5. The Morgan fingerprint density at radius 2 is 1.62 bits per heavy atom. The van der Waals surface area contributed by atoms with Gasteiger partial charge in [-0.1, -0.05) is 59.8 Å². The fourth-order valence-corrected chi connectivity index (χ4v) is 6.42. The molecule has 3 amide bonds. The molecule has 2 fully saturated rings. The lowest BCUT2D eigenvalue weighted by Crippen LogP contribution is -2.61. The van der Waals surface area contributed by atoms with Crippen LogP contribution in [0, 0.1) is 16.7 Å². The molecule has 0 aromatic rings. The number of nitrogens with zero attached hydrogens (tertiary/aromatic N) is 3. The molecule has 10 heteroatoms. The molecule has 3 aliphatic rings. The molecule has 42 heavy (non-hydrogen) atoms. The van der Waals surface area contributed by atoms with Gasteiger partial charge in [0.1, 0.15) is 5.41 Å². The molecule has 3 aliphatic heterocycles. The van der Waals surface area contributed by atoms with E-state index in [9.17, 15) is 19.2 Å². The Labute approximate surface area is 252 Å². The number of piperazine rings is 1. The van der Waals surface area contributed by atoms with Crippen molar-refractivity contribution < 1.29 is 33.4 Å². The molecular formula is C32H53N3O7. The first-order valence-corrected chi connectivity index (χ1v) is 15.9. The molecule has 238 valence electrons. The normalized spacial score (nSPS) is 26.5. The third-order valence-electron chi connectivity index (χ3n) is 9.00. The molecule has 0 spiro atoms. The lowest BCUT2D eigenvalue weighted by molar-refractivity contribution is -0.180. The first kappa shape index (κ1) is 33.9. The van der Waals surface area contributed by atoms with Crippen LogP contribution in [0.25, 0.3) is 0 Å². The number of carbonyl (C=O) groups is 4. The smallest absolute Gasteiger partial charge is 0.409 e. The van der Waals surface area contributed by atoms with E-state index in [1.54, 1.807) is 21.6 Å². The lowest BCUT2D eigenvalue weighted by Gasteiger charge is -2.53. The minimum atomic E-state index is -1.18. The van der Waals surface area contributed by atoms with Gasteiger partial charge in [-0.25, -0.2) is 4.79 Å². The maximum atomic E-state index is 14.1. The van der Waals surface area contributed by atoms with Crippen molar-refractivity contribution in [2.24, 2.45) is 16.7 Å². The van der Waals surface area contributed by atoms with E-state index in [0.29, 0.717) is 45.0 Å². The molecule has 3 heterocycles. The van der Waals surface area contributed by atoms with Gasteiger partial charge >= 0.3 is 12.1 Å². The molecule has 10 nitrogen and oxygen atoms in total. The zero-order valence-electron chi connectivity index (χ0n) is 26.9. The van der Waals surface area contributed by atoms with Gasteiger partial charge in [-0.05, 0) is 38.2 Å². The van der Waals surface area contributed by atoms with Gasteiger partial charge in [0.05, 0.1) is 25.9 Å². The number of hydrogen-bond donors (Lipinski definition) is 0. The molecule has 0 saturated carbocycles. The lowest BCUT2D eigenvalue weighted by atomic mass is 9.65. The number of amides is 3. The topological polar surface area (TPSA) is 106 Å². The Hall–Kier alpha value is -2.62. The molecule has 0 N–H and O–H groups in total. The fraction of sp³-hybridized carbons (Fsp3) is 0.812. The fourth-order valence-electron chi connectivity index (χ4n) is 6.42. The number of hydrogen-bond acceptors (Lipinski definition) is 7. The molecule has 0 aromatic heterocycles. The van der Waals surface area contributed by atoms with Crippen molar-refractivity contribution in [1.82, 2.24) is 14.7 Å². The minimum absolute atomic E-state index is 0.00726. The van der Waals surface area contributed by atoms with E-state index in [1.165, 1.54) is 20.0 Å². The Balaban J connectivity index is 1.86. The molecule has 0 radical (unpaired) electrons. The maximum Gasteiger partial charge on any atom is 0.409 e. The van der Waals surface area contributed by atoms with E-state index in [1.807, 2.05) is 13.0 Å². The van der Waals surface area contributed by atoms with Gasteiger partial charge in [0.25, 0.3) is 0 Å². The van der Waals surface area contributed by atoms with Crippen LogP contribution in [0.4, 0.5) is 4.79 Å². The van der Waals surface area contributed by atoms with E-state index in [0.717, 1.165) is 25.7 Å². The molecule has 0 aromatic carbocycles. The Morgan fingerprint density at radius 1 is 1.00 bits per heavy atom. The van der Waals surface area contributed by atoms with Crippen molar-refractivity contribution in [2.75, 3.05) is 46.4 Å². The van der Waals surface area contributed by atoms with Gasteiger partial charge in [0, 0.05) is 50.8 Å². The third kappa shape index (κ3) is 7.47. The summed E-state index contributed by atoms with van der Waals surface area (Å²) >= 11 is 0. The number of likely N-dealkylation sites (tertiary alicyclic amines) is 1. The van der Waals surface area contributed by atoms with E-state index >= 15 is 0 Å². The van der Waals surface area contributed by atoms with Crippen molar-refractivity contribution >= 4 is 23.9 Å². The van der Waals surface area contributed by atoms with Crippen LogP contribution in [0.3, 0.4) is 0 Å². The van der Waals surface area contributed by atoms with Crippen LogP contribution in [0.1, 0.15) is 92.9 Å². The molecule has 0 unspecified atom stereocenters. The number of rotatable bonds is 11. The van der Waals surface area contributed by atoms with Crippen LogP contribution >= 0.6 is 0 Å². The van der Waals surface area contributed by atoms with Crippen molar-refractivity contribution in [1.29, 1.82) is 0 Å². The molecule has 0 bridgehead atoms. The van der Waals surface area contributed by atoms with Crippen molar-refractivity contribution in [3.8, 4) is 0 Å². The highest BCUT2D eigenvalue weighted by Gasteiger charge is 2.60. The highest BCUT2D eigenvalue weighted by Crippen LogP contribution is 2.52. The summed E-state index contributed by atoms with van der Waals surface area (Å²) in [6, 6.07) is 0. The van der Waals surface area contributed by atoms with Gasteiger partial charge < -0.3 is 28.9 Å². The highest BCUT2D eigenvalue weighted by atomic mass is 16.6. The minimum Gasteiger partial charge on any atom is -0.468 e. The van der Waals surface area contributed by atoms with E-state index in [2.05, 4.69) is 27.7 Å². The van der Waals surface area contributed by atoms with Crippen molar-refractivity contribution in [2.45, 2.75) is 105 Å². The molecule has 3 rings (SSSR count). The quantitative estimate of drug-likeness (QED) is 0.252. The summed E-state index contributed by atoms with van der Waals surface area (Å²) in [5, 5.41) is 0. The molecule has 4 atom stereocenters. The number of ether oxygens (including phenoxy) is 3. The second kappa shape index (κ2) is 14.7. The third-order valence-corrected chi connectivity index (χ3v) is 9.00. The monoisotopic (exact) mass is 591 g/mol. The number of esters is 1. The summed E-state index contributed by atoms with van der Waals surface area (Å²) in [7, 11) is 1.37. The highest BCUT2D eigenvalue weighted by molar-refractivity contribution is 5.92. The number of fused-ring (bicyclic) bond motifs is 1. The second-order valence-corrected chi connectivity index (χ2v) is 13.0. The summed E-state index contributed by atoms with van der Waals surface area (Å²) in [6.45, 7) is 14.4. The van der Waals surface area contributed by atoms with Crippen LogP contribution in [0.2, 0.25) is 0 Å². The largest absolute Gasteiger partial charge is 0.468 e. The maximum absolute atomic E-state index is 14.1. The van der Waals surface area contributed by atoms with Gasteiger partial charge in [-0.15, -0.1) is 0 Å². The SMILES string of the molecule is CCCCCCCCN1C(=O)[C@@H](CC(=O)N2CCN(C(=O)OCC)CC2)C[C@@]2(C(=O)OC)C1=C[C@H](C(C)(C)C)O[C@@H]2C. The summed E-state index contributed by atoms with van der Waals surface area (Å²) in [5.41, 5.74) is -0.754. The van der Waals surface area contributed by atoms with Crippen molar-refractivity contribution in [3.63, 3.8) is 0 Å². The number of carbonyl (C=O) groups excluding carboxylic acids is 4. The molecular weight excluding hydrogens is 538 g/mol. The average molecular weight is 592 g/mol. The summed E-state index contributed by atoms with van der Waals surface area (Å²) in [5.74, 6) is -1.39. The van der Waals surface area contributed by atoms with Crippen LogP contribution in [-0.2, 0) is 28.6 Å². The zero-order valence-corrected chi connectivity index (χ0v) is 26.9. The predicted octanol–water partition coefficient (Wildman–Crippen LogP) is 4.76. The first-order valence-electron chi connectivity index (χ1n) is 15.9. The van der Waals surface area contributed by atoms with Gasteiger partial charge in [-0.2, -0.15) is 0 Å². The van der Waals surface area contributed by atoms with E-state index < -0.39 is 23.4 Å². The average Bonchev–Trinajstić information content (AvgIpc) is 2.95. The van der Waals surface area contributed by atoms with Crippen molar-refractivity contribution in [3.05, 3.63) is 11.8 Å². The van der Waals surface area contributed by atoms with Gasteiger partial charge in [0.2, 0.25) is 11.8 Å². The molecule has 0 aliphatic carbocycles. The van der Waals surface area contributed by atoms with Crippen LogP contribution in [-0.4, -0.2) is 97.2 Å². The van der Waals surface area contributed by atoms with Crippen LogP contribution in [0.5, 0.6) is 0 Å². The Kier molecular flexibility index (Phi) is 11.9. The standard InChI is InChI=1S/C32H53N3O7/c1-8-10-11-12-13-14-15-35-25-21-26(31(4,5)6)42-23(3)32(25,29(38)40-7)22-24(28(35)37)20-27(36)33-16-18-34(19-17-33)30(39)41-9-2/h21,23-24,26H,8-20,22H2,1-7H3/t23-,24+,26-,32+/m1/s1.